The van der Waals surface area contributed by atoms with Crippen LogP contribution in [0.15, 0.2) is 48.5 Å². The summed E-state index contributed by atoms with van der Waals surface area (Å²) in [4.78, 5) is 2.01. The van der Waals surface area contributed by atoms with E-state index >= 15 is 0 Å². The summed E-state index contributed by atoms with van der Waals surface area (Å²) in [6.45, 7) is 8.41. The Morgan fingerprint density at radius 2 is 1.86 bits per heavy atom. The molecule has 0 radical (unpaired) electrons. The molecular weight excluding hydrogens is 270 g/mol. The number of guanidine groups is 1. The van der Waals surface area contributed by atoms with Crippen molar-refractivity contribution < 1.29 is 0 Å². The number of hydrogen-bond donors (Lipinski definition) is 2. The highest BCUT2D eigenvalue weighted by Crippen LogP contribution is 2.21. The molecule has 0 unspecified atom stereocenters. The van der Waals surface area contributed by atoms with Crippen molar-refractivity contribution >= 4 is 17.3 Å². The monoisotopic (exact) mass is 295 g/mol. The molecule has 0 bridgehead atoms. The fraction of sp³-hybridized carbons (Fsp3) is 0.316. The number of aryl methyl sites for hydroxylation is 2. The van der Waals surface area contributed by atoms with Crippen molar-refractivity contribution in [2.24, 2.45) is 0 Å². The topological polar surface area (TPSA) is 39.1 Å². The summed E-state index contributed by atoms with van der Waals surface area (Å²) in [5.74, 6) is 0.404. The third-order valence-corrected chi connectivity index (χ3v) is 3.69. The van der Waals surface area contributed by atoms with E-state index in [4.69, 9.17) is 5.41 Å². The molecule has 3 heteroatoms. The Hall–Kier alpha value is -2.29. The van der Waals surface area contributed by atoms with Gasteiger partial charge in [0.1, 0.15) is 0 Å². The average molecular weight is 295 g/mol. The zero-order valence-corrected chi connectivity index (χ0v) is 13.9. The summed E-state index contributed by atoms with van der Waals surface area (Å²) in [5, 5.41) is 11.8. The summed E-state index contributed by atoms with van der Waals surface area (Å²) >= 11 is 0. The molecule has 3 nitrogen and oxygen atoms in total. The Bertz CT molecular complexity index is 647. The van der Waals surface area contributed by atoms with E-state index in [-0.39, 0.29) is 6.04 Å². The van der Waals surface area contributed by atoms with E-state index in [9.17, 15) is 0 Å². The van der Waals surface area contributed by atoms with Crippen molar-refractivity contribution in [2.75, 3.05) is 10.2 Å². The summed E-state index contributed by atoms with van der Waals surface area (Å²) in [6, 6.07) is 16.6. The van der Waals surface area contributed by atoms with E-state index in [1.54, 1.807) is 0 Å². The van der Waals surface area contributed by atoms with Crippen LogP contribution in [0, 0.1) is 12.3 Å². The number of rotatable bonds is 4. The van der Waals surface area contributed by atoms with E-state index in [0.29, 0.717) is 5.96 Å². The van der Waals surface area contributed by atoms with Crippen LogP contribution in [0.4, 0.5) is 11.4 Å². The molecule has 0 aliphatic rings. The molecule has 0 aliphatic heterocycles. The number of benzene rings is 2. The quantitative estimate of drug-likeness (QED) is 0.627. The van der Waals surface area contributed by atoms with Crippen LogP contribution in [0.1, 0.15) is 31.9 Å². The van der Waals surface area contributed by atoms with Gasteiger partial charge in [0.2, 0.25) is 0 Å². The summed E-state index contributed by atoms with van der Waals surface area (Å²) < 4.78 is 0. The first-order valence-electron chi connectivity index (χ1n) is 7.82. The molecule has 22 heavy (non-hydrogen) atoms. The maximum Gasteiger partial charge on any atom is 0.200 e. The van der Waals surface area contributed by atoms with Crippen LogP contribution in [-0.2, 0) is 6.42 Å². The highest BCUT2D eigenvalue weighted by atomic mass is 15.3. The van der Waals surface area contributed by atoms with Gasteiger partial charge >= 0.3 is 0 Å². The molecule has 2 aromatic rings. The molecule has 116 valence electrons. The molecule has 0 saturated heterocycles. The van der Waals surface area contributed by atoms with E-state index in [1.807, 2.05) is 29.2 Å². The maximum atomic E-state index is 8.51. The first kappa shape index (κ1) is 16.1. The number of anilines is 2. The molecule has 0 spiro atoms. The Balaban J connectivity index is 2.28. The highest BCUT2D eigenvalue weighted by Gasteiger charge is 2.16. The lowest BCUT2D eigenvalue weighted by Crippen LogP contribution is -2.41. The molecule has 0 saturated carbocycles. The lowest BCUT2D eigenvalue weighted by molar-refractivity contribution is 0.802. The normalized spacial score (nSPS) is 10.6. The van der Waals surface area contributed by atoms with Crippen LogP contribution < -0.4 is 10.2 Å². The minimum atomic E-state index is 0.204. The minimum Gasteiger partial charge on any atom is -0.326 e. The minimum absolute atomic E-state index is 0.204. The van der Waals surface area contributed by atoms with Crippen molar-refractivity contribution in [3.8, 4) is 0 Å². The van der Waals surface area contributed by atoms with Crippen molar-refractivity contribution in [3.05, 3.63) is 59.7 Å². The van der Waals surface area contributed by atoms with Gasteiger partial charge in [0.15, 0.2) is 5.96 Å². The zero-order valence-electron chi connectivity index (χ0n) is 13.9. The van der Waals surface area contributed by atoms with Gasteiger partial charge in [0.05, 0.1) is 0 Å². The fourth-order valence-corrected chi connectivity index (χ4v) is 2.60. The van der Waals surface area contributed by atoms with Crippen molar-refractivity contribution in [1.29, 1.82) is 5.41 Å². The molecule has 0 fully saturated rings. The molecule has 2 rings (SSSR count). The van der Waals surface area contributed by atoms with E-state index in [0.717, 1.165) is 17.8 Å². The van der Waals surface area contributed by atoms with E-state index in [2.05, 4.69) is 57.3 Å². The molecule has 0 heterocycles. The van der Waals surface area contributed by atoms with E-state index < -0.39 is 0 Å². The van der Waals surface area contributed by atoms with Crippen molar-refractivity contribution in [2.45, 2.75) is 40.2 Å². The number of nitrogens with one attached hydrogen (secondary N) is 2. The molecular formula is C19H25N3. The lowest BCUT2D eigenvalue weighted by atomic mass is 10.1. The molecule has 0 atom stereocenters. The summed E-state index contributed by atoms with van der Waals surface area (Å²) in [7, 11) is 0. The van der Waals surface area contributed by atoms with Gasteiger partial charge in [-0.1, -0.05) is 37.3 Å². The van der Waals surface area contributed by atoms with E-state index in [1.165, 1.54) is 11.1 Å². The second-order valence-electron chi connectivity index (χ2n) is 5.79. The second-order valence-corrected chi connectivity index (χ2v) is 5.79. The van der Waals surface area contributed by atoms with Gasteiger partial charge in [-0.05, 0) is 56.5 Å². The van der Waals surface area contributed by atoms with Gasteiger partial charge in [0.25, 0.3) is 0 Å². The van der Waals surface area contributed by atoms with Crippen LogP contribution in [0.5, 0.6) is 0 Å². The van der Waals surface area contributed by atoms with Gasteiger partial charge < -0.3 is 10.2 Å². The highest BCUT2D eigenvalue weighted by molar-refractivity contribution is 6.04. The van der Waals surface area contributed by atoms with Gasteiger partial charge in [-0.2, -0.15) is 0 Å². The predicted molar refractivity (Wildman–Crippen MR) is 96.0 cm³/mol. The molecule has 0 aliphatic carbocycles. The van der Waals surface area contributed by atoms with Gasteiger partial charge in [-0.15, -0.1) is 0 Å². The molecule has 2 N–H and O–H groups in total. The molecule has 0 amide bonds. The van der Waals surface area contributed by atoms with Crippen molar-refractivity contribution in [1.82, 2.24) is 0 Å². The largest absolute Gasteiger partial charge is 0.326 e. The zero-order chi connectivity index (χ0) is 16.1. The Morgan fingerprint density at radius 1 is 1.14 bits per heavy atom. The standard InChI is InChI=1S/C19H25N3/c1-5-16-10-6-7-12-18(16)21-19(20)22(14(2)3)17-11-8-9-15(4)13-17/h6-14H,5H2,1-4H3,(H2,20,21). The molecule has 0 aromatic heterocycles. The number of hydrogen-bond acceptors (Lipinski definition) is 1. The first-order chi connectivity index (χ1) is 10.5. The predicted octanol–water partition coefficient (Wildman–Crippen LogP) is 4.82. The maximum absolute atomic E-state index is 8.51. The number of nitrogens with zero attached hydrogens (tertiary/aromatic N) is 1. The SMILES string of the molecule is CCc1ccccc1NC(=N)N(c1cccc(C)c1)C(C)C. The van der Waals surface area contributed by atoms with Crippen LogP contribution in [0.2, 0.25) is 0 Å². The number of para-hydroxylation sites is 1. The van der Waals surface area contributed by atoms with Gasteiger partial charge in [0, 0.05) is 17.4 Å². The van der Waals surface area contributed by atoms with Crippen LogP contribution >= 0.6 is 0 Å². The third-order valence-electron chi connectivity index (χ3n) is 3.69. The fourth-order valence-electron chi connectivity index (χ4n) is 2.60. The van der Waals surface area contributed by atoms with Crippen LogP contribution in [0.3, 0.4) is 0 Å². The summed E-state index contributed by atoms with van der Waals surface area (Å²) in [5.41, 5.74) is 4.47. The Morgan fingerprint density at radius 3 is 2.50 bits per heavy atom. The van der Waals surface area contributed by atoms with Crippen LogP contribution in [-0.4, -0.2) is 12.0 Å². The molecule has 2 aromatic carbocycles. The average Bonchev–Trinajstić information content (AvgIpc) is 2.47. The first-order valence-corrected chi connectivity index (χ1v) is 7.82. The van der Waals surface area contributed by atoms with Gasteiger partial charge in [-0.25, -0.2) is 0 Å². The summed E-state index contributed by atoms with van der Waals surface area (Å²) in [6.07, 6.45) is 0.947. The van der Waals surface area contributed by atoms with Crippen LogP contribution in [0.25, 0.3) is 0 Å². The second kappa shape index (κ2) is 7.12. The Kier molecular flexibility index (Phi) is 5.21. The third kappa shape index (κ3) is 3.67. The smallest absolute Gasteiger partial charge is 0.200 e. The van der Waals surface area contributed by atoms with Gasteiger partial charge in [-0.3, -0.25) is 5.41 Å². The van der Waals surface area contributed by atoms with Crippen molar-refractivity contribution in [3.63, 3.8) is 0 Å². The lowest BCUT2D eigenvalue weighted by Gasteiger charge is -2.30. The Labute approximate surface area is 133 Å².